The van der Waals surface area contributed by atoms with Crippen LogP contribution >= 0.6 is 0 Å². The molecule has 0 aliphatic heterocycles. The molecule has 2 N–H and O–H groups in total. The zero-order valence-corrected chi connectivity index (χ0v) is 15.2. The first kappa shape index (κ1) is 19.1. The van der Waals surface area contributed by atoms with E-state index < -0.39 is 4.92 Å². The first-order chi connectivity index (χ1) is 13.0. The fourth-order valence-electron chi connectivity index (χ4n) is 4.21. The highest BCUT2D eigenvalue weighted by Gasteiger charge is 2.40. The van der Waals surface area contributed by atoms with Crippen molar-refractivity contribution in [3.63, 3.8) is 0 Å². The molecule has 3 atom stereocenters. The number of hydrogen-bond donors (Lipinski definition) is 2. The summed E-state index contributed by atoms with van der Waals surface area (Å²) in [6, 6.07) is 6.04. The quantitative estimate of drug-likeness (QED) is 0.297. The van der Waals surface area contributed by atoms with Crippen LogP contribution in [0, 0.1) is 27.9 Å². The van der Waals surface area contributed by atoms with Gasteiger partial charge in [0.15, 0.2) is 6.61 Å². The van der Waals surface area contributed by atoms with E-state index >= 15 is 0 Å². The molecule has 0 saturated heterocycles. The lowest BCUT2D eigenvalue weighted by Gasteiger charge is -2.20. The van der Waals surface area contributed by atoms with Crippen LogP contribution in [0.3, 0.4) is 0 Å². The molecule has 2 aliphatic rings. The molecule has 8 heteroatoms. The number of nitrogens with one attached hydrogen (secondary N) is 2. The molecule has 27 heavy (non-hydrogen) atoms. The van der Waals surface area contributed by atoms with Crippen LogP contribution in [0.5, 0.6) is 0 Å². The fourth-order valence-corrected chi connectivity index (χ4v) is 4.21. The van der Waals surface area contributed by atoms with Gasteiger partial charge in [0.05, 0.1) is 4.92 Å². The Balaban J connectivity index is 1.26. The Morgan fingerprint density at radius 2 is 1.93 bits per heavy atom. The van der Waals surface area contributed by atoms with E-state index in [9.17, 15) is 19.7 Å². The first-order valence-corrected chi connectivity index (χ1v) is 9.42. The van der Waals surface area contributed by atoms with Crippen LogP contribution in [0.1, 0.15) is 32.1 Å². The second-order valence-electron chi connectivity index (χ2n) is 7.38. The van der Waals surface area contributed by atoms with Crippen molar-refractivity contribution in [1.29, 1.82) is 0 Å². The van der Waals surface area contributed by atoms with Gasteiger partial charge in [-0.2, -0.15) is 0 Å². The van der Waals surface area contributed by atoms with Crippen LogP contribution in [0.25, 0.3) is 0 Å². The van der Waals surface area contributed by atoms with Crippen LogP contribution in [0.4, 0.5) is 11.4 Å². The number of anilines is 1. The van der Waals surface area contributed by atoms with Crippen molar-refractivity contribution >= 4 is 23.3 Å². The van der Waals surface area contributed by atoms with Crippen molar-refractivity contribution in [1.82, 2.24) is 5.32 Å². The minimum atomic E-state index is -0.456. The van der Waals surface area contributed by atoms with Gasteiger partial charge in [-0.15, -0.1) is 0 Å². The van der Waals surface area contributed by atoms with Crippen molar-refractivity contribution < 1.29 is 19.2 Å². The number of rotatable bonds is 9. The lowest BCUT2D eigenvalue weighted by molar-refractivity contribution is -0.384. The highest BCUT2D eigenvalue weighted by Crippen LogP contribution is 2.49. The van der Waals surface area contributed by atoms with E-state index in [-0.39, 0.29) is 24.2 Å². The number of ether oxygens (including phenoxy) is 1. The summed E-state index contributed by atoms with van der Waals surface area (Å²) in [6.07, 6.45) is 5.33. The molecule has 2 aliphatic carbocycles. The molecule has 3 rings (SSSR count). The number of carbonyl (C=O) groups excluding carboxylic acids is 2. The van der Waals surface area contributed by atoms with Crippen LogP contribution < -0.4 is 10.6 Å². The van der Waals surface area contributed by atoms with E-state index in [0.29, 0.717) is 31.3 Å². The molecule has 2 fully saturated rings. The molecule has 2 saturated carbocycles. The Bertz CT molecular complexity index is 691. The molecule has 2 bridgehead atoms. The van der Waals surface area contributed by atoms with Gasteiger partial charge in [-0.1, -0.05) is 6.42 Å². The van der Waals surface area contributed by atoms with Crippen molar-refractivity contribution in [2.45, 2.75) is 32.1 Å². The van der Waals surface area contributed by atoms with Gasteiger partial charge in [0.2, 0.25) is 0 Å². The van der Waals surface area contributed by atoms with E-state index in [0.717, 1.165) is 18.0 Å². The Hall–Kier alpha value is -2.64. The minimum absolute atomic E-state index is 0.0288. The number of benzene rings is 1. The summed E-state index contributed by atoms with van der Waals surface area (Å²) in [7, 11) is 0. The third-order valence-corrected chi connectivity index (χ3v) is 5.53. The number of carbonyl (C=O) groups is 2. The summed E-state index contributed by atoms with van der Waals surface area (Å²) in [5.41, 5.74) is 0.758. The lowest BCUT2D eigenvalue weighted by Crippen LogP contribution is -2.32. The third-order valence-electron chi connectivity index (χ3n) is 5.53. The van der Waals surface area contributed by atoms with Crippen LogP contribution in [0.2, 0.25) is 0 Å². The number of fused-ring (bicyclic) bond motifs is 2. The Morgan fingerprint density at radius 1 is 1.15 bits per heavy atom. The van der Waals surface area contributed by atoms with E-state index in [1.165, 1.54) is 31.4 Å². The zero-order chi connectivity index (χ0) is 19.2. The summed E-state index contributed by atoms with van der Waals surface area (Å²) in [5, 5.41) is 16.3. The topological polar surface area (TPSA) is 111 Å². The summed E-state index contributed by atoms with van der Waals surface area (Å²) >= 11 is 0. The fraction of sp³-hybridized carbons (Fsp3) is 0.579. The molecule has 1 aromatic carbocycles. The van der Waals surface area contributed by atoms with E-state index in [4.69, 9.17) is 4.74 Å². The first-order valence-electron chi connectivity index (χ1n) is 9.42. The normalized spacial score (nSPS) is 23.0. The molecule has 146 valence electrons. The maximum atomic E-state index is 11.9. The lowest BCUT2D eigenvalue weighted by atomic mass is 9.86. The van der Waals surface area contributed by atoms with Gasteiger partial charge in [-0.05, 0) is 49.1 Å². The summed E-state index contributed by atoms with van der Waals surface area (Å²) < 4.78 is 5.09. The Kier molecular flexibility index (Phi) is 6.26. The molecule has 1 aromatic rings. The third kappa shape index (κ3) is 5.42. The standard InChI is InChI=1S/C19H25N3O5/c23-18(12-27-19(24)11-15-10-13-1-2-14(15)9-13)21-8-7-20-16-3-5-17(6-4-16)22(25)26/h3-6,13-15,20H,1-2,7-12H2,(H,21,23)/t13-,14-,15-/m1/s1. The molecule has 0 heterocycles. The van der Waals surface area contributed by atoms with Crippen molar-refractivity contribution in [2.24, 2.45) is 17.8 Å². The molecule has 8 nitrogen and oxygen atoms in total. The van der Waals surface area contributed by atoms with Crippen molar-refractivity contribution in [3.05, 3.63) is 34.4 Å². The predicted molar refractivity (Wildman–Crippen MR) is 99.1 cm³/mol. The highest BCUT2D eigenvalue weighted by atomic mass is 16.6. The van der Waals surface area contributed by atoms with Gasteiger partial charge in [0, 0.05) is 37.3 Å². The Labute approximate surface area is 157 Å². The maximum absolute atomic E-state index is 11.9. The molecule has 1 amide bonds. The van der Waals surface area contributed by atoms with Gasteiger partial charge >= 0.3 is 5.97 Å². The monoisotopic (exact) mass is 375 g/mol. The second-order valence-corrected chi connectivity index (χ2v) is 7.38. The van der Waals surface area contributed by atoms with Gasteiger partial charge < -0.3 is 15.4 Å². The maximum Gasteiger partial charge on any atom is 0.306 e. The molecular formula is C19H25N3O5. The SMILES string of the molecule is O=C(COC(=O)C[C@H]1C[C@@H]2CC[C@@H]1C2)NCCNc1ccc([N+](=O)[O-])cc1. The van der Waals surface area contributed by atoms with Gasteiger partial charge in [0.25, 0.3) is 11.6 Å². The highest BCUT2D eigenvalue weighted by molar-refractivity contribution is 5.80. The van der Waals surface area contributed by atoms with E-state index in [2.05, 4.69) is 10.6 Å². The largest absolute Gasteiger partial charge is 0.456 e. The van der Waals surface area contributed by atoms with Crippen LogP contribution in [-0.4, -0.2) is 36.5 Å². The van der Waals surface area contributed by atoms with Gasteiger partial charge in [-0.3, -0.25) is 19.7 Å². The molecule has 0 aromatic heterocycles. The number of nitro benzene ring substituents is 1. The van der Waals surface area contributed by atoms with Crippen LogP contribution in [-0.2, 0) is 14.3 Å². The number of nitrogens with zero attached hydrogens (tertiary/aromatic N) is 1. The average molecular weight is 375 g/mol. The summed E-state index contributed by atoms with van der Waals surface area (Å²) in [6.45, 7) is 0.569. The number of esters is 1. The number of non-ortho nitro benzene ring substituents is 1. The number of nitro groups is 1. The predicted octanol–water partition coefficient (Wildman–Crippen LogP) is 2.49. The summed E-state index contributed by atoms with van der Waals surface area (Å²) in [5.74, 6) is 1.28. The molecule has 0 radical (unpaired) electrons. The van der Waals surface area contributed by atoms with E-state index in [1.807, 2.05) is 0 Å². The van der Waals surface area contributed by atoms with Gasteiger partial charge in [-0.25, -0.2) is 0 Å². The average Bonchev–Trinajstić information content (AvgIpc) is 3.27. The minimum Gasteiger partial charge on any atom is -0.456 e. The summed E-state index contributed by atoms with van der Waals surface area (Å²) in [4.78, 5) is 33.8. The van der Waals surface area contributed by atoms with Crippen LogP contribution in [0.15, 0.2) is 24.3 Å². The van der Waals surface area contributed by atoms with Crippen molar-refractivity contribution in [2.75, 3.05) is 25.0 Å². The molecular weight excluding hydrogens is 350 g/mol. The van der Waals surface area contributed by atoms with Crippen molar-refractivity contribution in [3.8, 4) is 0 Å². The second kappa shape index (κ2) is 8.83. The Morgan fingerprint density at radius 3 is 2.56 bits per heavy atom. The molecule has 0 spiro atoms. The smallest absolute Gasteiger partial charge is 0.306 e. The molecule has 0 unspecified atom stereocenters. The number of hydrogen-bond acceptors (Lipinski definition) is 6. The van der Waals surface area contributed by atoms with Gasteiger partial charge in [0.1, 0.15) is 0 Å². The zero-order valence-electron chi connectivity index (χ0n) is 15.2. The van der Waals surface area contributed by atoms with E-state index in [1.54, 1.807) is 12.1 Å². The number of amides is 1.